The maximum atomic E-state index is 13.6. The number of ether oxygens (including phenoxy) is 2. The number of aliphatic hydroxyl groups is 1. The molecule has 0 saturated heterocycles. The summed E-state index contributed by atoms with van der Waals surface area (Å²) in [6.07, 6.45) is -0.840. The van der Waals surface area contributed by atoms with Gasteiger partial charge in [-0.2, -0.15) is 0 Å². The van der Waals surface area contributed by atoms with E-state index in [9.17, 15) is 19.5 Å². The van der Waals surface area contributed by atoms with Gasteiger partial charge in [0.05, 0.1) is 13.7 Å². The molecule has 3 N–H and O–H groups in total. The molecule has 0 aliphatic carbocycles. The quantitative estimate of drug-likeness (QED) is 0.483. The highest BCUT2D eigenvalue weighted by Crippen LogP contribution is 2.27. The predicted molar refractivity (Wildman–Crippen MR) is 138 cm³/mol. The summed E-state index contributed by atoms with van der Waals surface area (Å²) in [5.41, 5.74) is 1.32. The van der Waals surface area contributed by atoms with Gasteiger partial charge in [-0.3, -0.25) is 9.59 Å². The van der Waals surface area contributed by atoms with Crippen molar-refractivity contribution in [1.82, 2.24) is 10.2 Å². The Balaban J connectivity index is 2.42. The highest BCUT2D eigenvalue weighted by molar-refractivity contribution is 5.99. The highest BCUT2D eigenvalue weighted by atomic mass is 16.6. The number of benzene rings is 2. The van der Waals surface area contributed by atoms with Crippen LogP contribution in [-0.2, 0) is 14.3 Å². The third-order valence-corrected chi connectivity index (χ3v) is 5.26. The monoisotopic (exact) mass is 499 g/mol. The van der Waals surface area contributed by atoms with E-state index >= 15 is 0 Å². The second-order valence-corrected chi connectivity index (χ2v) is 9.75. The SMILES string of the molecule is COc1ccc(NC(=O)C(c2ccc(C)cc2)N(C(=O)C(CO)NC(=O)OC(C)(C)C)C(C)C)cc1. The number of hydrogen-bond donors (Lipinski definition) is 3. The van der Waals surface area contributed by atoms with E-state index in [1.165, 1.54) is 4.90 Å². The van der Waals surface area contributed by atoms with E-state index in [0.717, 1.165) is 5.56 Å². The first-order chi connectivity index (χ1) is 16.9. The molecule has 0 spiro atoms. The number of aliphatic hydroxyl groups excluding tert-OH is 1. The molecule has 0 aliphatic rings. The zero-order chi connectivity index (χ0) is 27.0. The molecule has 2 unspecified atom stereocenters. The van der Waals surface area contributed by atoms with Crippen molar-refractivity contribution >= 4 is 23.6 Å². The molecule has 2 rings (SSSR count). The van der Waals surface area contributed by atoms with Crippen molar-refractivity contribution in [3.05, 3.63) is 59.7 Å². The number of aryl methyl sites for hydroxylation is 1. The van der Waals surface area contributed by atoms with Gasteiger partial charge in [0.25, 0.3) is 5.91 Å². The van der Waals surface area contributed by atoms with Gasteiger partial charge in [-0.15, -0.1) is 0 Å². The molecule has 196 valence electrons. The lowest BCUT2D eigenvalue weighted by atomic mass is 10.00. The minimum Gasteiger partial charge on any atom is -0.497 e. The Morgan fingerprint density at radius 3 is 2.06 bits per heavy atom. The van der Waals surface area contributed by atoms with Gasteiger partial charge in [0.1, 0.15) is 23.4 Å². The molecule has 9 heteroatoms. The predicted octanol–water partition coefficient (Wildman–Crippen LogP) is 3.81. The smallest absolute Gasteiger partial charge is 0.408 e. The topological polar surface area (TPSA) is 117 Å². The third-order valence-electron chi connectivity index (χ3n) is 5.26. The number of nitrogens with one attached hydrogen (secondary N) is 2. The van der Waals surface area contributed by atoms with Crippen LogP contribution in [0.2, 0.25) is 0 Å². The van der Waals surface area contributed by atoms with E-state index < -0.39 is 48.2 Å². The summed E-state index contributed by atoms with van der Waals surface area (Å²) < 4.78 is 10.4. The van der Waals surface area contributed by atoms with Crippen molar-refractivity contribution in [2.45, 2.75) is 65.3 Å². The number of rotatable bonds is 9. The average Bonchev–Trinajstić information content (AvgIpc) is 2.80. The van der Waals surface area contributed by atoms with Gasteiger partial charge in [-0.25, -0.2) is 4.79 Å². The molecule has 0 aromatic heterocycles. The normalized spacial score (nSPS) is 12.9. The van der Waals surface area contributed by atoms with Crippen molar-refractivity contribution in [3.63, 3.8) is 0 Å². The Morgan fingerprint density at radius 1 is 1.00 bits per heavy atom. The van der Waals surface area contributed by atoms with Crippen molar-refractivity contribution < 1.29 is 29.0 Å². The fourth-order valence-electron chi connectivity index (χ4n) is 3.57. The van der Waals surface area contributed by atoms with Crippen LogP contribution >= 0.6 is 0 Å². The Bertz CT molecular complexity index is 1030. The van der Waals surface area contributed by atoms with E-state index in [2.05, 4.69) is 10.6 Å². The Labute approximate surface area is 212 Å². The molecule has 0 bridgehead atoms. The van der Waals surface area contributed by atoms with Crippen LogP contribution in [0.1, 0.15) is 51.8 Å². The molecule has 0 fully saturated rings. The fourth-order valence-corrected chi connectivity index (χ4v) is 3.57. The van der Waals surface area contributed by atoms with Gasteiger partial charge in [0, 0.05) is 11.7 Å². The molecule has 9 nitrogen and oxygen atoms in total. The average molecular weight is 500 g/mol. The van der Waals surface area contributed by atoms with Crippen LogP contribution in [0.5, 0.6) is 5.75 Å². The molecule has 2 atom stereocenters. The molecule has 3 amide bonds. The van der Waals surface area contributed by atoms with Gasteiger partial charge in [0.2, 0.25) is 5.91 Å². The molecular weight excluding hydrogens is 462 g/mol. The Morgan fingerprint density at radius 2 is 1.58 bits per heavy atom. The van der Waals surface area contributed by atoms with Crippen LogP contribution in [0.4, 0.5) is 10.5 Å². The molecule has 0 heterocycles. The summed E-state index contributed by atoms with van der Waals surface area (Å²) in [7, 11) is 1.55. The summed E-state index contributed by atoms with van der Waals surface area (Å²) in [4.78, 5) is 40.9. The number of methoxy groups -OCH3 is 1. The van der Waals surface area contributed by atoms with E-state index in [4.69, 9.17) is 9.47 Å². The number of carbonyl (C=O) groups is 3. The summed E-state index contributed by atoms with van der Waals surface area (Å²) in [5, 5.41) is 15.2. The van der Waals surface area contributed by atoms with Gasteiger partial charge >= 0.3 is 6.09 Å². The minimum absolute atomic E-state index is 0.444. The molecular formula is C27H37N3O6. The summed E-state index contributed by atoms with van der Waals surface area (Å²) in [6, 6.07) is 11.3. The van der Waals surface area contributed by atoms with E-state index in [0.29, 0.717) is 17.0 Å². The third kappa shape index (κ3) is 7.98. The summed E-state index contributed by atoms with van der Waals surface area (Å²) in [6.45, 7) is 9.87. The largest absolute Gasteiger partial charge is 0.497 e. The van der Waals surface area contributed by atoms with Crippen LogP contribution in [0.3, 0.4) is 0 Å². The number of amides is 3. The lowest BCUT2D eigenvalue weighted by Gasteiger charge is -2.36. The number of hydrogen-bond acceptors (Lipinski definition) is 6. The minimum atomic E-state index is -1.30. The van der Waals surface area contributed by atoms with Gasteiger partial charge in [-0.1, -0.05) is 29.8 Å². The first-order valence-electron chi connectivity index (χ1n) is 11.8. The number of carbonyl (C=O) groups excluding carboxylic acids is 3. The van der Waals surface area contributed by atoms with E-state index in [-0.39, 0.29) is 0 Å². The van der Waals surface area contributed by atoms with Gasteiger partial charge in [0.15, 0.2) is 0 Å². The lowest BCUT2D eigenvalue weighted by molar-refractivity contribution is -0.143. The zero-order valence-electron chi connectivity index (χ0n) is 22.0. The van der Waals surface area contributed by atoms with Crippen molar-refractivity contribution in [2.75, 3.05) is 19.0 Å². The van der Waals surface area contributed by atoms with Crippen LogP contribution in [-0.4, -0.2) is 59.3 Å². The van der Waals surface area contributed by atoms with Crippen LogP contribution < -0.4 is 15.4 Å². The molecule has 0 saturated carbocycles. The van der Waals surface area contributed by atoms with Crippen molar-refractivity contribution in [2.24, 2.45) is 0 Å². The molecule has 2 aromatic rings. The first-order valence-corrected chi connectivity index (χ1v) is 11.8. The highest BCUT2D eigenvalue weighted by Gasteiger charge is 2.37. The molecule has 0 radical (unpaired) electrons. The number of anilines is 1. The van der Waals surface area contributed by atoms with E-state index in [1.807, 2.05) is 19.1 Å². The van der Waals surface area contributed by atoms with Crippen molar-refractivity contribution in [3.8, 4) is 5.75 Å². The molecule has 0 aliphatic heterocycles. The number of alkyl carbamates (subject to hydrolysis) is 1. The number of nitrogens with zero attached hydrogens (tertiary/aromatic N) is 1. The summed E-state index contributed by atoms with van der Waals surface area (Å²) >= 11 is 0. The van der Waals surface area contributed by atoms with Gasteiger partial charge < -0.3 is 30.1 Å². The van der Waals surface area contributed by atoms with Crippen molar-refractivity contribution in [1.29, 1.82) is 0 Å². The lowest BCUT2D eigenvalue weighted by Crippen LogP contribution is -2.55. The molecule has 36 heavy (non-hydrogen) atoms. The Hall–Kier alpha value is -3.59. The standard InChI is InChI=1S/C27H37N3O6/c1-17(2)30(25(33)22(16-31)29-26(34)36-27(4,5)6)23(19-10-8-18(3)9-11-19)24(32)28-20-12-14-21(35-7)15-13-20/h8-15,17,22-23,31H,16H2,1-7H3,(H,28,32)(H,29,34). The Kier molecular flexibility index (Phi) is 9.86. The van der Waals surface area contributed by atoms with Crippen LogP contribution in [0, 0.1) is 6.92 Å². The second kappa shape index (κ2) is 12.4. The summed E-state index contributed by atoms with van der Waals surface area (Å²) in [5.74, 6) is -0.421. The second-order valence-electron chi connectivity index (χ2n) is 9.75. The van der Waals surface area contributed by atoms with Crippen LogP contribution in [0.25, 0.3) is 0 Å². The first kappa shape index (κ1) is 28.6. The molecule has 2 aromatic carbocycles. The maximum Gasteiger partial charge on any atom is 0.408 e. The van der Waals surface area contributed by atoms with E-state index in [1.54, 1.807) is 78.1 Å². The fraction of sp³-hybridized carbons (Fsp3) is 0.444. The van der Waals surface area contributed by atoms with Crippen LogP contribution in [0.15, 0.2) is 48.5 Å². The maximum absolute atomic E-state index is 13.6. The van der Waals surface area contributed by atoms with Gasteiger partial charge in [-0.05, 0) is 71.4 Å². The zero-order valence-corrected chi connectivity index (χ0v) is 22.0.